The van der Waals surface area contributed by atoms with Crippen molar-refractivity contribution in [3.05, 3.63) is 44.8 Å². The normalized spacial score (nSPS) is 12.5. The molecule has 1 heterocycles. The van der Waals surface area contributed by atoms with E-state index in [4.69, 9.17) is 0 Å². The van der Waals surface area contributed by atoms with Gasteiger partial charge in [-0.3, -0.25) is 4.68 Å². The van der Waals surface area contributed by atoms with Crippen molar-refractivity contribution in [1.29, 1.82) is 0 Å². The first-order chi connectivity index (χ1) is 10.6. The SMILES string of the molecule is CNc1ccc(Cn2cc(I)c(C(F)(F)C(F)(F)F)n2)cc1C. The lowest BCUT2D eigenvalue weighted by molar-refractivity contribution is -0.291. The Kier molecular flexibility index (Phi) is 4.88. The van der Waals surface area contributed by atoms with Crippen LogP contribution in [0.2, 0.25) is 0 Å². The van der Waals surface area contributed by atoms with Crippen LogP contribution in [-0.4, -0.2) is 23.0 Å². The van der Waals surface area contributed by atoms with E-state index >= 15 is 0 Å². The molecule has 0 aliphatic carbocycles. The van der Waals surface area contributed by atoms with Gasteiger partial charge in [0.2, 0.25) is 0 Å². The van der Waals surface area contributed by atoms with E-state index in [-0.39, 0.29) is 10.1 Å². The molecule has 0 atom stereocenters. The van der Waals surface area contributed by atoms with Gasteiger partial charge in [0.1, 0.15) is 0 Å². The number of nitrogens with one attached hydrogen (secondary N) is 1. The van der Waals surface area contributed by atoms with Crippen molar-refractivity contribution in [3.63, 3.8) is 0 Å². The molecule has 0 unspecified atom stereocenters. The summed E-state index contributed by atoms with van der Waals surface area (Å²) in [6.45, 7) is 1.97. The molecule has 0 fully saturated rings. The zero-order valence-electron chi connectivity index (χ0n) is 12.2. The maximum absolute atomic E-state index is 13.4. The summed E-state index contributed by atoms with van der Waals surface area (Å²) < 4.78 is 65.1. The summed E-state index contributed by atoms with van der Waals surface area (Å²) in [7, 11) is 1.77. The highest BCUT2D eigenvalue weighted by atomic mass is 127. The van der Waals surface area contributed by atoms with Crippen LogP contribution in [0.25, 0.3) is 0 Å². The van der Waals surface area contributed by atoms with Crippen LogP contribution < -0.4 is 5.32 Å². The van der Waals surface area contributed by atoms with E-state index < -0.39 is 17.8 Å². The smallest absolute Gasteiger partial charge is 0.388 e. The molecule has 1 N–H and O–H groups in total. The summed E-state index contributed by atoms with van der Waals surface area (Å²) in [4.78, 5) is 0. The van der Waals surface area contributed by atoms with Crippen LogP contribution in [0.1, 0.15) is 16.8 Å². The van der Waals surface area contributed by atoms with E-state index in [0.717, 1.165) is 21.5 Å². The highest BCUT2D eigenvalue weighted by Crippen LogP contribution is 2.44. The fourth-order valence-electron chi connectivity index (χ4n) is 2.12. The molecule has 0 aliphatic rings. The van der Waals surface area contributed by atoms with Gasteiger partial charge in [0.15, 0.2) is 5.69 Å². The lowest BCUT2D eigenvalue weighted by Gasteiger charge is -2.17. The molecule has 2 rings (SSSR count). The molecule has 23 heavy (non-hydrogen) atoms. The quantitative estimate of drug-likeness (QED) is 0.554. The summed E-state index contributed by atoms with van der Waals surface area (Å²) in [6.07, 6.45) is -4.49. The first-order valence-electron chi connectivity index (χ1n) is 6.51. The average molecular weight is 445 g/mol. The Morgan fingerprint density at radius 2 is 1.87 bits per heavy atom. The van der Waals surface area contributed by atoms with Crippen LogP contribution in [0, 0.1) is 10.5 Å². The standard InChI is InChI=1S/C14H13F5IN3/c1-8-5-9(3-4-11(8)21-2)6-23-7-10(20)12(22-23)13(15,16)14(17,18)19/h3-5,7,21H,6H2,1-2H3. The molecule has 0 spiro atoms. The number of rotatable bonds is 4. The van der Waals surface area contributed by atoms with Crippen LogP contribution in [0.4, 0.5) is 27.6 Å². The van der Waals surface area contributed by atoms with Crippen LogP contribution in [0.5, 0.6) is 0 Å². The van der Waals surface area contributed by atoms with E-state index in [9.17, 15) is 22.0 Å². The summed E-state index contributed by atoms with van der Waals surface area (Å²) >= 11 is 1.43. The van der Waals surface area contributed by atoms with E-state index in [0.29, 0.717) is 0 Å². The molecule has 1 aromatic carbocycles. The van der Waals surface area contributed by atoms with Crippen molar-refractivity contribution in [2.75, 3.05) is 12.4 Å². The Balaban J connectivity index is 2.30. The van der Waals surface area contributed by atoms with Gasteiger partial charge in [-0.25, -0.2) is 0 Å². The summed E-state index contributed by atoms with van der Waals surface area (Å²) in [5, 5.41) is 6.43. The number of aryl methyl sites for hydroxylation is 1. The number of anilines is 1. The number of aromatic nitrogens is 2. The fraction of sp³-hybridized carbons (Fsp3) is 0.357. The van der Waals surface area contributed by atoms with Gasteiger partial charge in [-0.1, -0.05) is 12.1 Å². The minimum absolute atomic E-state index is 0.106. The molecular formula is C14H13F5IN3. The zero-order chi connectivity index (χ0) is 17.4. The van der Waals surface area contributed by atoms with Gasteiger partial charge < -0.3 is 5.32 Å². The second kappa shape index (κ2) is 6.25. The number of hydrogen-bond donors (Lipinski definition) is 1. The summed E-state index contributed by atoms with van der Waals surface area (Å²) in [5.74, 6) is -4.97. The Bertz CT molecular complexity index is 709. The maximum Gasteiger partial charge on any atom is 0.459 e. The molecular weight excluding hydrogens is 432 g/mol. The van der Waals surface area contributed by atoms with Crippen LogP contribution >= 0.6 is 22.6 Å². The zero-order valence-corrected chi connectivity index (χ0v) is 14.3. The lowest BCUT2D eigenvalue weighted by Crippen LogP contribution is -2.34. The number of benzene rings is 1. The number of hydrogen-bond acceptors (Lipinski definition) is 2. The first-order valence-corrected chi connectivity index (χ1v) is 7.59. The predicted octanol–water partition coefficient (Wildman–Crippen LogP) is 4.54. The first kappa shape index (κ1) is 18.0. The number of alkyl halides is 5. The molecule has 0 bridgehead atoms. The molecule has 9 heteroatoms. The Labute approximate surface area is 143 Å². The van der Waals surface area contributed by atoms with E-state index in [1.165, 1.54) is 28.8 Å². The topological polar surface area (TPSA) is 29.9 Å². The number of halogens is 6. The van der Waals surface area contributed by atoms with Gasteiger partial charge in [0.05, 0.1) is 10.1 Å². The van der Waals surface area contributed by atoms with Crippen molar-refractivity contribution in [1.82, 2.24) is 9.78 Å². The highest BCUT2D eigenvalue weighted by Gasteiger charge is 2.61. The van der Waals surface area contributed by atoms with Gasteiger partial charge in [0.25, 0.3) is 0 Å². The van der Waals surface area contributed by atoms with Gasteiger partial charge in [-0.15, -0.1) is 0 Å². The molecule has 0 aliphatic heterocycles. The van der Waals surface area contributed by atoms with Crippen molar-refractivity contribution in [2.24, 2.45) is 0 Å². The number of nitrogens with zero attached hydrogens (tertiary/aromatic N) is 2. The average Bonchev–Trinajstić information content (AvgIpc) is 2.79. The molecule has 0 radical (unpaired) electrons. The summed E-state index contributed by atoms with van der Waals surface area (Å²) in [6, 6.07) is 5.39. The van der Waals surface area contributed by atoms with Gasteiger partial charge in [0, 0.05) is 18.9 Å². The van der Waals surface area contributed by atoms with E-state index in [2.05, 4.69) is 10.4 Å². The van der Waals surface area contributed by atoms with E-state index in [1.807, 2.05) is 19.1 Å². The second-order valence-corrected chi connectivity index (χ2v) is 6.16. The van der Waals surface area contributed by atoms with Gasteiger partial charge >= 0.3 is 12.1 Å². The van der Waals surface area contributed by atoms with Crippen molar-refractivity contribution < 1.29 is 22.0 Å². The van der Waals surface area contributed by atoms with E-state index in [1.54, 1.807) is 13.1 Å². The Morgan fingerprint density at radius 3 is 2.39 bits per heavy atom. The molecule has 3 nitrogen and oxygen atoms in total. The molecule has 0 saturated carbocycles. The highest BCUT2D eigenvalue weighted by molar-refractivity contribution is 14.1. The van der Waals surface area contributed by atoms with Crippen molar-refractivity contribution in [3.8, 4) is 0 Å². The molecule has 1 aromatic heterocycles. The minimum Gasteiger partial charge on any atom is -0.388 e. The third-order valence-electron chi connectivity index (χ3n) is 3.28. The monoisotopic (exact) mass is 445 g/mol. The largest absolute Gasteiger partial charge is 0.459 e. The summed E-state index contributed by atoms with van der Waals surface area (Å²) in [5.41, 5.74) is 1.33. The van der Waals surface area contributed by atoms with Crippen molar-refractivity contribution in [2.45, 2.75) is 25.6 Å². The Hall–Kier alpha value is -1.39. The maximum atomic E-state index is 13.4. The molecule has 126 valence electrons. The minimum atomic E-state index is -5.67. The third kappa shape index (κ3) is 3.59. The van der Waals surface area contributed by atoms with Crippen molar-refractivity contribution >= 4 is 28.3 Å². The lowest BCUT2D eigenvalue weighted by atomic mass is 10.1. The third-order valence-corrected chi connectivity index (χ3v) is 4.06. The van der Waals surface area contributed by atoms with Crippen LogP contribution in [-0.2, 0) is 12.5 Å². The Morgan fingerprint density at radius 1 is 1.22 bits per heavy atom. The fourth-order valence-corrected chi connectivity index (χ4v) is 2.88. The predicted molar refractivity (Wildman–Crippen MR) is 84.7 cm³/mol. The van der Waals surface area contributed by atoms with Gasteiger partial charge in [-0.2, -0.15) is 27.1 Å². The second-order valence-electron chi connectivity index (χ2n) is 4.99. The molecule has 0 saturated heterocycles. The molecule has 2 aromatic rings. The van der Waals surface area contributed by atoms with Crippen LogP contribution in [0.15, 0.2) is 24.4 Å². The van der Waals surface area contributed by atoms with Crippen LogP contribution in [0.3, 0.4) is 0 Å². The molecule has 0 amide bonds. The van der Waals surface area contributed by atoms with Gasteiger partial charge in [-0.05, 0) is 46.7 Å².